The lowest BCUT2D eigenvalue weighted by Crippen LogP contribution is -2.15. The number of fused-ring (bicyclic) bond motifs is 10. The van der Waals surface area contributed by atoms with Crippen molar-refractivity contribution in [3.05, 3.63) is 151 Å². The second kappa shape index (κ2) is 9.71. The molecule has 3 nitrogen and oxygen atoms in total. The van der Waals surface area contributed by atoms with Crippen LogP contribution in [0.1, 0.15) is 25.0 Å². The number of hydrogen-bond acceptors (Lipinski definition) is 3. The Balaban J connectivity index is 1.30. The summed E-state index contributed by atoms with van der Waals surface area (Å²) in [5.74, 6) is 0.680. The Kier molecular flexibility index (Phi) is 5.50. The van der Waals surface area contributed by atoms with Gasteiger partial charge in [-0.3, -0.25) is 4.57 Å². The predicted molar refractivity (Wildman–Crippen MR) is 198 cm³/mol. The first-order valence-corrected chi connectivity index (χ1v) is 16.9. The average molecular weight is 620 g/mol. The molecule has 6 aromatic carbocycles. The zero-order chi connectivity index (χ0) is 31.3. The largest absolute Gasteiger partial charge is 0.278 e. The molecule has 0 amide bonds. The fourth-order valence-corrected chi connectivity index (χ4v) is 9.15. The van der Waals surface area contributed by atoms with E-state index in [1.807, 2.05) is 11.3 Å². The molecule has 1 aliphatic rings. The van der Waals surface area contributed by atoms with Crippen LogP contribution in [0.2, 0.25) is 0 Å². The summed E-state index contributed by atoms with van der Waals surface area (Å²) in [4.78, 5) is 10.7. The minimum Gasteiger partial charge on any atom is -0.278 e. The summed E-state index contributed by atoms with van der Waals surface area (Å²) in [6, 6.07) is 50.1. The van der Waals surface area contributed by atoms with E-state index in [4.69, 9.17) is 9.97 Å². The van der Waals surface area contributed by atoms with Crippen LogP contribution in [0.5, 0.6) is 0 Å². The van der Waals surface area contributed by atoms with Crippen LogP contribution in [-0.2, 0) is 5.41 Å². The summed E-state index contributed by atoms with van der Waals surface area (Å²) < 4.78 is 4.81. The molecule has 1 aliphatic carbocycles. The van der Waals surface area contributed by atoms with Crippen molar-refractivity contribution < 1.29 is 0 Å². The monoisotopic (exact) mass is 619 g/mol. The molecule has 0 spiro atoms. The van der Waals surface area contributed by atoms with E-state index in [-0.39, 0.29) is 5.41 Å². The Morgan fingerprint density at radius 1 is 0.553 bits per heavy atom. The summed E-state index contributed by atoms with van der Waals surface area (Å²) >= 11 is 1.83. The highest BCUT2D eigenvalue weighted by Gasteiger charge is 2.38. The molecular weight excluding hydrogens is 591 g/mol. The molecule has 0 atom stereocenters. The molecule has 0 aliphatic heterocycles. The summed E-state index contributed by atoms with van der Waals surface area (Å²) in [6.07, 6.45) is 0. The molecule has 3 heterocycles. The van der Waals surface area contributed by atoms with Gasteiger partial charge in [-0.1, -0.05) is 129 Å². The van der Waals surface area contributed by atoms with E-state index in [9.17, 15) is 0 Å². The van der Waals surface area contributed by atoms with Gasteiger partial charge in [0.1, 0.15) is 0 Å². The Morgan fingerprint density at radius 2 is 1.26 bits per heavy atom. The van der Waals surface area contributed by atoms with Gasteiger partial charge in [0, 0.05) is 47.5 Å². The molecule has 47 heavy (non-hydrogen) atoms. The van der Waals surface area contributed by atoms with Gasteiger partial charge in [0.2, 0.25) is 5.95 Å². The maximum atomic E-state index is 5.42. The Bertz CT molecular complexity index is 2710. The highest BCUT2D eigenvalue weighted by atomic mass is 32.1. The van der Waals surface area contributed by atoms with Gasteiger partial charge in [0.05, 0.1) is 22.4 Å². The zero-order valence-electron chi connectivity index (χ0n) is 26.0. The molecule has 0 bridgehead atoms. The van der Waals surface area contributed by atoms with Crippen LogP contribution in [-0.4, -0.2) is 14.5 Å². The average Bonchev–Trinajstić information content (AvgIpc) is 3.74. The fourth-order valence-electron chi connectivity index (χ4n) is 7.93. The van der Waals surface area contributed by atoms with Crippen LogP contribution >= 0.6 is 11.3 Å². The third-order valence-corrected chi connectivity index (χ3v) is 11.2. The lowest BCUT2D eigenvalue weighted by atomic mass is 9.80. The summed E-state index contributed by atoms with van der Waals surface area (Å²) in [7, 11) is 0. The molecule has 0 radical (unpaired) electrons. The highest BCUT2D eigenvalue weighted by Crippen LogP contribution is 2.53. The van der Waals surface area contributed by atoms with Crippen molar-refractivity contribution in [2.45, 2.75) is 19.3 Å². The molecule has 222 valence electrons. The van der Waals surface area contributed by atoms with E-state index in [1.165, 1.54) is 53.2 Å². The first-order chi connectivity index (χ1) is 23.1. The molecule has 0 N–H and O–H groups in total. The summed E-state index contributed by atoms with van der Waals surface area (Å²) in [5.41, 5.74) is 11.5. The van der Waals surface area contributed by atoms with Crippen LogP contribution in [0.25, 0.3) is 81.6 Å². The number of nitrogens with zero attached hydrogens (tertiary/aromatic N) is 3. The van der Waals surface area contributed by atoms with Crippen molar-refractivity contribution in [2.75, 3.05) is 0 Å². The lowest BCUT2D eigenvalue weighted by Gasteiger charge is -2.22. The first kappa shape index (κ1) is 26.6. The number of para-hydroxylation sites is 1. The van der Waals surface area contributed by atoms with Crippen LogP contribution in [0.4, 0.5) is 0 Å². The normalized spacial score (nSPS) is 13.5. The van der Waals surface area contributed by atoms with Gasteiger partial charge in [-0.25, -0.2) is 9.97 Å². The van der Waals surface area contributed by atoms with E-state index in [0.717, 1.165) is 33.5 Å². The highest BCUT2D eigenvalue weighted by molar-refractivity contribution is 7.26. The van der Waals surface area contributed by atoms with Gasteiger partial charge >= 0.3 is 0 Å². The predicted octanol–water partition coefficient (Wildman–Crippen LogP) is 11.6. The molecular formula is C43H29N3S. The lowest BCUT2D eigenvalue weighted by molar-refractivity contribution is 0.666. The van der Waals surface area contributed by atoms with Crippen molar-refractivity contribution >= 4 is 53.3 Å². The van der Waals surface area contributed by atoms with Gasteiger partial charge < -0.3 is 0 Å². The zero-order valence-corrected chi connectivity index (χ0v) is 26.8. The maximum absolute atomic E-state index is 5.42. The standard InChI is InChI=1S/C43H29N3S/c1-43(2)33-20-9-6-15-27(33)29-23-24-37-39(40(29)43)32-17-7-10-21-36(32)46(37)42-44-34(26-13-4-3-5-14-26)25-35(45-42)31-19-12-18-30-28-16-8-11-22-38(28)47-41(30)31/h3-25H,1-2H3. The maximum Gasteiger partial charge on any atom is 0.235 e. The van der Waals surface area contributed by atoms with Gasteiger partial charge in [0.15, 0.2) is 0 Å². The van der Waals surface area contributed by atoms with Crippen molar-refractivity contribution in [1.29, 1.82) is 0 Å². The van der Waals surface area contributed by atoms with E-state index in [0.29, 0.717) is 5.95 Å². The third-order valence-electron chi connectivity index (χ3n) is 10.0. The molecule has 10 rings (SSSR count). The van der Waals surface area contributed by atoms with Crippen LogP contribution in [0, 0.1) is 0 Å². The quantitative estimate of drug-likeness (QED) is 0.197. The summed E-state index contributed by atoms with van der Waals surface area (Å²) in [6.45, 7) is 4.72. The number of benzene rings is 6. The Labute approximate surface area is 276 Å². The smallest absolute Gasteiger partial charge is 0.235 e. The number of rotatable bonds is 3. The molecule has 0 fully saturated rings. The molecule has 0 unspecified atom stereocenters. The van der Waals surface area contributed by atoms with E-state index in [1.54, 1.807) is 0 Å². The second-order valence-electron chi connectivity index (χ2n) is 13.0. The van der Waals surface area contributed by atoms with Gasteiger partial charge in [-0.2, -0.15) is 0 Å². The van der Waals surface area contributed by atoms with E-state index >= 15 is 0 Å². The minimum absolute atomic E-state index is 0.144. The van der Waals surface area contributed by atoms with Crippen molar-refractivity contribution in [2.24, 2.45) is 0 Å². The molecule has 3 aromatic heterocycles. The fraction of sp³-hybridized carbons (Fsp3) is 0.0698. The number of hydrogen-bond donors (Lipinski definition) is 0. The Hall–Kier alpha value is -5.58. The van der Waals surface area contributed by atoms with Gasteiger partial charge in [0.25, 0.3) is 0 Å². The van der Waals surface area contributed by atoms with Crippen LogP contribution < -0.4 is 0 Å². The topological polar surface area (TPSA) is 30.7 Å². The molecule has 9 aromatic rings. The number of aromatic nitrogens is 3. The van der Waals surface area contributed by atoms with Crippen molar-refractivity contribution in [3.8, 4) is 39.6 Å². The molecule has 4 heteroatoms. The molecule has 0 saturated heterocycles. The Morgan fingerprint density at radius 3 is 2.15 bits per heavy atom. The van der Waals surface area contributed by atoms with E-state index in [2.05, 4.69) is 158 Å². The SMILES string of the molecule is CC1(C)c2ccccc2-c2ccc3c(c21)c1ccccc1n3-c1nc(-c2ccccc2)cc(-c2cccc3c2sc2ccccc23)n1. The van der Waals surface area contributed by atoms with Gasteiger partial charge in [-0.05, 0) is 46.5 Å². The third kappa shape index (κ3) is 3.73. The van der Waals surface area contributed by atoms with E-state index < -0.39 is 0 Å². The summed E-state index contributed by atoms with van der Waals surface area (Å²) in [5, 5.41) is 5.05. The van der Waals surface area contributed by atoms with Crippen molar-refractivity contribution in [3.63, 3.8) is 0 Å². The van der Waals surface area contributed by atoms with Gasteiger partial charge in [-0.15, -0.1) is 11.3 Å². The number of thiophene rings is 1. The van der Waals surface area contributed by atoms with Crippen LogP contribution in [0.3, 0.4) is 0 Å². The minimum atomic E-state index is -0.144. The second-order valence-corrected chi connectivity index (χ2v) is 14.0. The first-order valence-electron chi connectivity index (χ1n) is 16.1. The van der Waals surface area contributed by atoms with Crippen molar-refractivity contribution in [1.82, 2.24) is 14.5 Å². The molecule has 0 saturated carbocycles. The van der Waals surface area contributed by atoms with Crippen LogP contribution in [0.15, 0.2) is 140 Å².